The molecule has 0 aromatic carbocycles. The molecule has 4 nitrogen and oxygen atoms in total. The lowest BCUT2D eigenvalue weighted by atomic mass is 9.99. The van der Waals surface area contributed by atoms with Gasteiger partial charge in [-0.1, -0.05) is 12.5 Å². The van der Waals surface area contributed by atoms with Gasteiger partial charge >= 0.3 is 0 Å². The summed E-state index contributed by atoms with van der Waals surface area (Å²) < 4.78 is 2.00. The first-order chi connectivity index (χ1) is 9.43. The van der Waals surface area contributed by atoms with Crippen LogP contribution in [0.15, 0.2) is 42.9 Å². The van der Waals surface area contributed by atoms with Crippen molar-refractivity contribution in [3.63, 3.8) is 0 Å². The molecule has 0 unspecified atom stereocenters. The first-order valence-electron chi connectivity index (χ1n) is 7.06. The van der Waals surface area contributed by atoms with Gasteiger partial charge in [0.1, 0.15) is 0 Å². The zero-order valence-corrected chi connectivity index (χ0v) is 11.2. The Morgan fingerprint density at radius 2 is 2.11 bits per heavy atom. The Hall–Kier alpha value is -1.68. The SMILES string of the molecule is c1ccc([C@@H]2CCCCN2CCn2cccn2)nc1. The molecular formula is C15H20N4. The van der Waals surface area contributed by atoms with Crippen LogP contribution in [0.5, 0.6) is 0 Å². The molecule has 2 aromatic heterocycles. The molecule has 1 atom stereocenters. The lowest BCUT2D eigenvalue weighted by molar-refractivity contribution is 0.138. The summed E-state index contributed by atoms with van der Waals surface area (Å²) in [6.45, 7) is 3.17. The summed E-state index contributed by atoms with van der Waals surface area (Å²) in [5, 5.41) is 4.27. The summed E-state index contributed by atoms with van der Waals surface area (Å²) >= 11 is 0. The molecule has 0 N–H and O–H groups in total. The third-order valence-corrected chi connectivity index (χ3v) is 3.82. The van der Waals surface area contributed by atoms with Gasteiger partial charge in [-0.05, 0) is 37.6 Å². The molecule has 1 fully saturated rings. The second-order valence-corrected chi connectivity index (χ2v) is 5.07. The largest absolute Gasteiger partial charge is 0.293 e. The molecule has 1 aliphatic heterocycles. The molecule has 0 amide bonds. The summed E-state index contributed by atoms with van der Waals surface area (Å²) in [5.74, 6) is 0. The topological polar surface area (TPSA) is 34.0 Å². The number of nitrogens with zero attached hydrogens (tertiary/aromatic N) is 4. The maximum atomic E-state index is 4.53. The second-order valence-electron chi connectivity index (χ2n) is 5.07. The molecule has 3 rings (SSSR count). The van der Waals surface area contributed by atoms with Crippen LogP contribution in [0, 0.1) is 0 Å². The molecule has 4 heteroatoms. The Morgan fingerprint density at radius 3 is 2.89 bits per heavy atom. The van der Waals surface area contributed by atoms with Crippen LogP contribution in [0.2, 0.25) is 0 Å². The van der Waals surface area contributed by atoms with Crippen LogP contribution in [0.4, 0.5) is 0 Å². The van der Waals surface area contributed by atoms with E-state index in [-0.39, 0.29) is 0 Å². The van der Waals surface area contributed by atoms with Crippen molar-refractivity contribution in [1.29, 1.82) is 0 Å². The molecule has 0 saturated carbocycles. The molecule has 0 bridgehead atoms. The number of hydrogen-bond donors (Lipinski definition) is 0. The second kappa shape index (κ2) is 5.97. The minimum absolute atomic E-state index is 0.477. The quantitative estimate of drug-likeness (QED) is 0.843. The number of likely N-dealkylation sites (tertiary alicyclic amines) is 1. The van der Waals surface area contributed by atoms with E-state index >= 15 is 0 Å². The van der Waals surface area contributed by atoms with E-state index in [1.165, 1.54) is 31.5 Å². The predicted molar refractivity (Wildman–Crippen MR) is 74.6 cm³/mol. The normalized spacial score (nSPS) is 20.5. The number of hydrogen-bond acceptors (Lipinski definition) is 3. The third kappa shape index (κ3) is 3.01. The first kappa shape index (κ1) is 12.4. The standard InChI is InChI=1S/C15H20N4/c1-3-8-16-14(6-1)15-7-2-4-10-18(15)12-13-19-11-5-9-17-19/h1,3,5-6,8-9,11,15H,2,4,7,10,12-13H2/t15-/m0/s1. The zero-order valence-electron chi connectivity index (χ0n) is 11.2. The summed E-state index contributed by atoms with van der Waals surface area (Å²) in [5.41, 5.74) is 1.21. The van der Waals surface area contributed by atoms with Gasteiger partial charge in [0.15, 0.2) is 0 Å². The fourth-order valence-electron chi connectivity index (χ4n) is 2.83. The van der Waals surface area contributed by atoms with Crippen LogP contribution in [0.25, 0.3) is 0 Å². The molecular weight excluding hydrogens is 236 g/mol. The molecule has 0 aliphatic carbocycles. The van der Waals surface area contributed by atoms with Gasteiger partial charge in [-0.3, -0.25) is 14.6 Å². The van der Waals surface area contributed by atoms with Crippen molar-refractivity contribution < 1.29 is 0 Å². The molecule has 1 saturated heterocycles. The highest BCUT2D eigenvalue weighted by atomic mass is 15.3. The molecule has 100 valence electrons. The fourth-order valence-corrected chi connectivity index (χ4v) is 2.83. The summed E-state index contributed by atoms with van der Waals surface area (Å²) in [7, 11) is 0. The van der Waals surface area contributed by atoms with E-state index in [1.54, 1.807) is 0 Å². The smallest absolute Gasteiger partial charge is 0.0575 e. The maximum Gasteiger partial charge on any atom is 0.0575 e. The van der Waals surface area contributed by atoms with Gasteiger partial charge < -0.3 is 0 Å². The van der Waals surface area contributed by atoms with Crippen molar-refractivity contribution in [2.75, 3.05) is 13.1 Å². The maximum absolute atomic E-state index is 4.53. The van der Waals surface area contributed by atoms with Gasteiger partial charge in [0.05, 0.1) is 18.3 Å². The van der Waals surface area contributed by atoms with E-state index in [4.69, 9.17) is 0 Å². The Balaban J connectivity index is 1.67. The Labute approximate surface area is 114 Å². The highest BCUT2D eigenvalue weighted by molar-refractivity contribution is 5.09. The monoisotopic (exact) mass is 256 g/mol. The molecule has 19 heavy (non-hydrogen) atoms. The van der Waals surface area contributed by atoms with Crippen molar-refractivity contribution in [3.8, 4) is 0 Å². The Bertz CT molecular complexity index is 480. The molecule has 3 heterocycles. The van der Waals surface area contributed by atoms with E-state index in [2.05, 4.69) is 27.1 Å². The average molecular weight is 256 g/mol. The Morgan fingerprint density at radius 1 is 1.11 bits per heavy atom. The van der Waals surface area contributed by atoms with Gasteiger partial charge in [0.2, 0.25) is 0 Å². The highest BCUT2D eigenvalue weighted by Gasteiger charge is 2.24. The van der Waals surface area contributed by atoms with Gasteiger partial charge in [0, 0.05) is 25.1 Å². The van der Waals surface area contributed by atoms with E-state index in [0.717, 1.165) is 13.1 Å². The van der Waals surface area contributed by atoms with Crippen LogP contribution in [-0.4, -0.2) is 32.8 Å². The van der Waals surface area contributed by atoms with Gasteiger partial charge in [-0.2, -0.15) is 5.10 Å². The van der Waals surface area contributed by atoms with Crippen LogP contribution in [0.1, 0.15) is 31.0 Å². The van der Waals surface area contributed by atoms with E-state index < -0.39 is 0 Å². The van der Waals surface area contributed by atoms with Crippen molar-refractivity contribution in [2.45, 2.75) is 31.8 Å². The van der Waals surface area contributed by atoms with Crippen molar-refractivity contribution in [2.24, 2.45) is 0 Å². The lowest BCUT2D eigenvalue weighted by Gasteiger charge is -2.35. The molecule has 2 aromatic rings. The first-order valence-corrected chi connectivity index (χ1v) is 7.06. The number of piperidine rings is 1. The number of aromatic nitrogens is 3. The van der Waals surface area contributed by atoms with Crippen LogP contribution < -0.4 is 0 Å². The summed E-state index contributed by atoms with van der Waals surface area (Å²) in [6.07, 6.45) is 9.58. The van der Waals surface area contributed by atoms with Crippen molar-refractivity contribution in [1.82, 2.24) is 19.7 Å². The molecule has 0 spiro atoms. The van der Waals surface area contributed by atoms with Crippen LogP contribution >= 0.6 is 0 Å². The lowest BCUT2D eigenvalue weighted by Crippen LogP contribution is -2.36. The van der Waals surface area contributed by atoms with Crippen molar-refractivity contribution in [3.05, 3.63) is 48.5 Å². The number of rotatable bonds is 4. The van der Waals surface area contributed by atoms with Crippen LogP contribution in [-0.2, 0) is 6.54 Å². The van der Waals surface area contributed by atoms with Crippen molar-refractivity contribution >= 4 is 0 Å². The number of pyridine rings is 1. The minimum atomic E-state index is 0.477. The van der Waals surface area contributed by atoms with Gasteiger partial charge in [-0.25, -0.2) is 0 Å². The summed E-state index contributed by atoms with van der Waals surface area (Å²) in [6, 6.07) is 8.68. The predicted octanol–water partition coefficient (Wildman–Crippen LogP) is 2.51. The van der Waals surface area contributed by atoms with E-state index in [1.807, 2.05) is 35.4 Å². The van der Waals surface area contributed by atoms with E-state index in [9.17, 15) is 0 Å². The zero-order chi connectivity index (χ0) is 12.9. The Kier molecular flexibility index (Phi) is 3.89. The van der Waals surface area contributed by atoms with Gasteiger partial charge in [0.25, 0.3) is 0 Å². The third-order valence-electron chi connectivity index (χ3n) is 3.82. The fraction of sp³-hybridized carbons (Fsp3) is 0.467. The van der Waals surface area contributed by atoms with Gasteiger partial charge in [-0.15, -0.1) is 0 Å². The molecule has 0 radical (unpaired) electrons. The minimum Gasteiger partial charge on any atom is -0.293 e. The summed E-state index contributed by atoms with van der Waals surface area (Å²) in [4.78, 5) is 7.08. The highest BCUT2D eigenvalue weighted by Crippen LogP contribution is 2.29. The van der Waals surface area contributed by atoms with Crippen LogP contribution in [0.3, 0.4) is 0 Å². The van der Waals surface area contributed by atoms with E-state index in [0.29, 0.717) is 6.04 Å². The molecule has 1 aliphatic rings. The average Bonchev–Trinajstić information content (AvgIpc) is 3.00.